The highest BCUT2D eigenvalue weighted by Gasteiger charge is 2.28. The van der Waals surface area contributed by atoms with Gasteiger partial charge >= 0.3 is 0 Å². The summed E-state index contributed by atoms with van der Waals surface area (Å²) in [4.78, 5) is 4.99. The van der Waals surface area contributed by atoms with Gasteiger partial charge < -0.3 is 70.2 Å². The van der Waals surface area contributed by atoms with Crippen LogP contribution in [0.2, 0.25) is 0 Å². The lowest BCUT2D eigenvalue weighted by molar-refractivity contribution is 0.269. The van der Waals surface area contributed by atoms with Gasteiger partial charge in [0.25, 0.3) is 0 Å². The molecule has 0 atom stereocenters. The lowest BCUT2D eigenvalue weighted by Gasteiger charge is -2.18. The summed E-state index contributed by atoms with van der Waals surface area (Å²) in [6, 6.07) is 62.6. The number of nitrogens with one attached hydrogen (secondary N) is 6. The molecule has 0 saturated heterocycles. The maximum absolute atomic E-state index is 9.65. The van der Waals surface area contributed by atoms with Gasteiger partial charge in [0, 0.05) is 61.9 Å². The number of aryl methyl sites for hydroxylation is 21. The highest BCUT2D eigenvalue weighted by atomic mass is 32.1. The maximum Gasteiger partial charge on any atom is 0.127 e. The van der Waals surface area contributed by atoms with Crippen molar-refractivity contribution >= 4 is 137 Å². The Labute approximate surface area is 894 Å². The molecule has 12 aromatic rings. The standard InChI is InChI=1S/C22H27NOS.C21H27NO2S.C21H27NOS.C20H25NO2S.2C20H25NOS/c1-5-22(25)23-20-8-6-7-18(17-9-10-17)19(20)13-24-21-12-15(3)14(2)11-16(21)4;1-6-21(25)22-18-9-8-10-19(23-7-2)17(18)13-24-20-12-15(4)14(3)11-16(20)5;1-6-17-9-8-10-19(22-21(24)7-2)18(17)13-23-20-12-15(4)14(3)11-16(20)5;1-5-20(24)21-18-8-6-7-16(11-22)17(18)12-23-19-10-14(3)13(2)9-15(19)4;2*1-6-20(23)21-18-9-7-8-13(2)17(18)12-22-19-11-15(4)14(3)10-16(19)5/h6-8,11-12,17H,5,9-10,13H2,1-4H3,(H,23,25);8-12H,6-7,13H2,1-5H3,(H,22,25);8-12H,6-7,13H2,1-5H3,(H,22,24);6-10,22H,5,11-12H2,1-4H3,(H,21,24);2*7-11H,6,12H2,1-5H3,(H,21,23). The van der Waals surface area contributed by atoms with Crippen molar-refractivity contribution in [1.82, 2.24) is 0 Å². The summed E-state index contributed by atoms with van der Waals surface area (Å²) >= 11 is 32.0. The number of anilines is 6. The van der Waals surface area contributed by atoms with Crippen molar-refractivity contribution in [2.75, 3.05) is 38.5 Å². The molecule has 766 valence electrons. The van der Waals surface area contributed by atoms with E-state index in [4.69, 9.17) is 106 Å². The van der Waals surface area contributed by atoms with Gasteiger partial charge in [0.15, 0.2) is 0 Å². The minimum atomic E-state index is -0.0288. The topological polar surface area (TPSA) is 157 Å². The average Bonchev–Trinajstić information content (AvgIpc) is 1.62. The van der Waals surface area contributed by atoms with Crippen LogP contribution in [0.3, 0.4) is 0 Å². The van der Waals surface area contributed by atoms with Crippen molar-refractivity contribution in [3.05, 3.63) is 343 Å². The van der Waals surface area contributed by atoms with E-state index >= 15 is 0 Å². The van der Waals surface area contributed by atoms with Crippen LogP contribution in [0.25, 0.3) is 0 Å². The molecule has 1 aliphatic carbocycles. The Kier molecular flexibility index (Phi) is 47.9. The molecule has 1 aliphatic rings. The first kappa shape index (κ1) is 118. The van der Waals surface area contributed by atoms with E-state index in [0.29, 0.717) is 52.2 Å². The quantitative estimate of drug-likeness (QED) is 0.0188. The van der Waals surface area contributed by atoms with Crippen LogP contribution in [-0.2, 0) is 52.7 Å². The third-order valence-corrected chi connectivity index (χ3v) is 28.5. The Morgan fingerprint density at radius 3 is 0.729 bits per heavy atom. The monoisotopic (exact) mass is 2050 g/mol. The third-order valence-electron chi connectivity index (χ3n) is 26.1. The van der Waals surface area contributed by atoms with Crippen molar-refractivity contribution in [1.29, 1.82) is 0 Å². The molecule has 0 aliphatic heterocycles. The van der Waals surface area contributed by atoms with Crippen LogP contribution in [0.4, 0.5) is 34.1 Å². The Bertz CT molecular complexity index is 6200. The molecule has 144 heavy (non-hydrogen) atoms. The highest BCUT2D eigenvalue weighted by molar-refractivity contribution is 7.81. The van der Waals surface area contributed by atoms with E-state index in [1.54, 1.807) is 0 Å². The molecule has 1 fully saturated rings. The Balaban J connectivity index is 0.000000211. The van der Waals surface area contributed by atoms with Gasteiger partial charge in [-0.15, -0.1) is 0 Å². The zero-order valence-corrected chi connectivity index (χ0v) is 95.6. The second kappa shape index (κ2) is 58.6. The van der Waals surface area contributed by atoms with Gasteiger partial charge in [-0.3, -0.25) is 0 Å². The van der Waals surface area contributed by atoms with Crippen LogP contribution >= 0.6 is 73.3 Å². The number of ether oxygens (including phenoxy) is 7. The van der Waals surface area contributed by atoms with Crippen LogP contribution < -0.4 is 65.1 Å². The second-order valence-electron chi connectivity index (χ2n) is 37.3. The summed E-state index contributed by atoms with van der Waals surface area (Å²) < 4.78 is 42.6. The molecule has 1 saturated carbocycles. The van der Waals surface area contributed by atoms with E-state index < -0.39 is 0 Å². The minimum Gasteiger partial charge on any atom is -0.493 e. The summed E-state index contributed by atoms with van der Waals surface area (Å²) in [5.41, 5.74) is 40.8. The fourth-order valence-electron chi connectivity index (χ4n) is 16.0. The number of thiocarbonyl (C=S) groups is 6. The first-order valence-electron chi connectivity index (χ1n) is 50.6. The molecular weight excluding hydrogens is 1890 g/mol. The van der Waals surface area contributed by atoms with Gasteiger partial charge in [-0.05, 0) is 416 Å². The van der Waals surface area contributed by atoms with Gasteiger partial charge in [-0.2, -0.15) is 0 Å². The van der Waals surface area contributed by atoms with Crippen LogP contribution in [0.1, 0.15) is 274 Å². The average molecular weight is 2050 g/mol. The van der Waals surface area contributed by atoms with E-state index in [-0.39, 0.29) is 6.61 Å². The molecule has 7 N–H and O–H groups in total. The van der Waals surface area contributed by atoms with E-state index in [1.165, 1.54) is 135 Å². The molecular formula is C124H156N6O8S6. The highest BCUT2D eigenvalue weighted by Crippen LogP contribution is 2.44. The van der Waals surface area contributed by atoms with E-state index in [9.17, 15) is 5.11 Å². The number of rotatable bonds is 35. The number of hydrogen-bond donors (Lipinski definition) is 7. The van der Waals surface area contributed by atoms with Gasteiger partial charge in [0.2, 0.25) is 0 Å². The van der Waals surface area contributed by atoms with Gasteiger partial charge in [0.05, 0.1) is 48.7 Å². The zero-order chi connectivity index (χ0) is 106. The molecule has 20 heteroatoms. The summed E-state index contributed by atoms with van der Waals surface area (Å²) in [5.74, 6) is 7.09. The first-order valence-corrected chi connectivity index (χ1v) is 53.0. The smallest absolute Gasteiger partial charge is 0.127 e. The van der Waals surface area contributed by atoms with Crippen LogP contribution in [0.5, 0.6) is 40.2 Å². The predicted molar refractivity (Wildman–Crippen MR) is 636 cm³/mol. The molecule has 0 bridgehead atoms. The molecule has 0 amide bonds. The molecule has 0 heterocycles. The van der Waals surface area contributed by atoms with Crippen molar-refractivity contribution < 1.29 is 38.3 Å². The summed E-state index contributed by atoms with van der Waals surface area (Å²) in [6.07, 6.45) is 8.44. The van der Waals surface area contributed by atoms with Crippen molar-refractivity contribution in [2.45, 2.75) is 304 Å². The van der Waals surface area contributed by atoms with E-state index in [0.717, 1.165) is 188 Å². The number of aliphatic hydroxyl groups excluding tert-OH is 1. The molecule has 0 radical (unpaired) electrons. The summed E-state index contributed by atoms with van der Waals surface area (Å²) in [5, 5.41) is 29.6. The van der Waals surface area contributed by atoms with E-state index in [1.807, 2.05) is 76.2 Å². The largest absolute Gasteiger partial charge is 0.493 e. The number of benzene rings is 12. The van der Waals surface area contributed by atoms with Gasteiger partial charge in [0.1, 0.15) is 79.9 Å². The fourth-order valence-corrected chi connectivity index (χ4v) is 16.7. The lowest BCUT2D eigenvalue weighted by atomic mass is 10.0. The first-order chi connectivity index (χ1) is 68.7. The van der Waals surface area contributed by atoms with Crippen LogP contribution in [0, 0.1) is 138 Å². The lowest BCUT2D eigenvalue weighted by Crippen LogP contribution is -2.12. The summed E-state index contributed by atoms with van der Waals surface area (Å²) in [7, 11) is 0. The van der Waals surface area contributed by atoms with Crippen LogP contribution in [0.15, 0.2) is 182 Å². The zero-order valence-electron chi connectivity index (χ0n) is 90.7. The second-order valence-corrected chi connectivity index (χ2v) is 40.3. The molecule has 13 rings (SSSR count). The fraction of sp³-hybridized carbons (Fsp3) is 0.371. The molecule has 14 nitrogen and oxygen atoms in total. The van der Waals surface area contributed by atoms with Crippen LogP contribution in [-0.4, -0.2) is 41.6 Å². The number of hydrogen-bond acceptors (Lipinski definition) is 14. The Hall–Kier alpha value is -11.5. The van der Waals surface area contributed by atoms with E-state index in [2.05, 4.69) is 332 Å². The minimum absolute atomic E-state index is 0.0288. The molecule has 0 spiro atoms. The summed E-state index contributed by atoms with van der Waals surface area (Å²) in [6.45, 7) is 62.1. The molecule has 0 unspecified atom stereocenters. The van der Waals surface area contributed by atoms with Crippen molar-refractivity contribution in [2.24, 2.45) is 0 Å². The Morgan fingerprint density at radius 2 is 0.458 bits per heavy atom. The Morgan fingerprint density at radius 1 is 0.236 bits per heavy atom. The van der Waals surface area contributed by atoms with Crippen molar-refractivity contribution in [3.63, 3.8) is 0 Å². The van der Waals surface area contributed by atoms with Gasteiger partial charge in [-0.1, -0.05) is 225 Å². The van der Waals surface area contributed by atoms with Crippen molar-refractivity contribution in [3.8, 4) is 40.2 Å². The SMILES string of the molecule is CCC(=S)Nc1cccc(C)c1COc1cc(C)c(C)cc1C.CCC(=S)Nc1cccc(C)c1COc1cc(C)c(C)cc1C.CCC(=S)Nc1cccc(C2CC2)c1COc1cc(C)c(C)cc1C.CCC(=S)Nc1cccc(CC)c1COc1cc(C)c(C)cc1C.CCC(=S)Nc1cccc(CO)c1COc1cc(C)c(C)cc1C.CCOc1cccc(NC(=S)CC)c1COc1cc(C)c(C)cc1C. The normalized spacial score (nSPS) is 11.0. The molecule has 12 aromatic carbocycles. The predicted octanol–water partition coefficient (Wildman–Crippen LogP) is 34.0. The third kappa shape index (κ3) is 35.5. The van der Waals surface area contributed by atoms with Gasteiger partial charge in [-0.25, -0.2) is 0 Å². The molecule has 0 aromatic heterocycles. The maximum atomic E-state index is 9.65. The number of aliphatic hydroxyl groups is 1.